The van der Waals surface area contributed by atoms with Crippen LogP contribution in [0, 0.1) is 3.57 Å². The summed E-state index contributed by atoms with van der Waals surface area (Å²) in [6, 6.07) is 7.47. The summed E-state index contributed by atoms with van der Waals surface area (Å²) in [7, 11) is 0. The van der Waals surface area contributed by atoms with E-state index in [0.29, 0.717) is 9.13 Å². The van der Waals surface area contributed by atoms with Crippen molar-refractivity contribution in [2.75, 3.05) is 11.5 Å². The lowest BCUT2D eigenvalue weighted by Gasteiger charge is -2.17. The lowest BCUT2D eigenvalue weighted by atomic mass is 10.2. The van der Waals surface area contributed by atoms with Gasteiger partial charge in [-0.3, -0.25) is 4.79 Å². The number of pyridine rings is 1. The minimum Gasteiger partial charge on any atom is -0.481 e. The van der Waals surface area contributed by atoms with Gasteiger partial charge in [0.2, 0.25) is 0 Å². The van der Waals surface area contributed by atoms with Crippen LogP contribution in [0.25, 0.3) is 0 Å². The molecule has 2 aromatic rings. The van der Waals surface area contributed by atoms with Gasteiger partial charge in [-0.15, -0.1) is 0 Å². The van der Waals surface area contributed by atoms with Crippen molar-refractivity contribution in [3.8, 4) is 5.75 Å². The normalized spacial score (nSPS) is 12.5. The zero-order valence-corrected chi connectivity index (χ0v) is 15.8. The van der Waals surface area contributed by atoms with E-state index in [1.165, 1.54) is 18.2 Å². The van der Waals surface area contributed by atoms with Crippen LogP contribution < -0.4 is 21.5 Å². The molecule has 0 spiro atoms. The number of halogens is 4. The Kier molecular flexibility index (Phi) is 6.16. The molecule has 2 rings (SSSR count). The van der Waals surface area contributed by atoms with Gasteiger partial charge in [0.25, 0.3) is 5.91 Å². The van der Waals surface area contributed by atoms with E-state index in [1.807, 2.05) is 22.6 Å². The minimum absolute atomic E-state index is 0.0188. The van der Waals surface area contributed by atoms with Crippen LogP contribution in [0.1, 0.15) is 22.8 Å². The first kappa shape index (κ1) is 20.1. The molecule has 5 N–H and O–H groups in total. The first-order chi connectivity index (χ1) is 12.1. The van der Waals surface area contributed by atoms with E-state index < -0.39 is 18.2 Å². The second-order valence-corrected chi connectivity index (χ2v) is 6.58. The van der Waals surface area contributed by atoms with Gasteiger partial charge >= 0.3 is 6.18 Å². The fourth-order valence-electron chi connectivity index (χ4n) is 1.93. The third-order valence-electron chi connectivity index (χ3n) is 3.43. The van der Waals surface area contributed by atoms with Crippen LogP contribution in [0.2, 0.25) is 0 Å². The highest BCUT2D eigenvalue weighted by Crippen LogP contribution is 2.25. The molecule has 6 nitrogen and oxygen atoms in total. The third-order valence-corrected chi connectivity index (χ3v) is 4.29. The number of hydrogen-bond donors (Lipinski definition) is 3. The topological polar surface area (TPSA) is 103 Å². The highest BCUT2D eigenvalue weighted by molar-refractivity contribution is 14.1. The van der Waals surface area contributed by atoms with Crippen molar-refractivity contribution in [3.05, 3.63) is 45.0 Å². The third kappa shape index (κ3) is 5.13. The highest BCUT2D eigenvalue weighted by Gasteiger charge is 2.37. The van der Waals surface area contributed by atoms with E-state index >= 15 is 0 Å². The standard InChI is InChI=1S/C16H16F3IN4O2/c1-8(16(17,18)19)26-10-4-2-9(3-5-10)7-23-15(25)11-6-12(20)14(22)24-13(11)21/h2-6,8H,7H2,1H3,(H,23,25)(H4,21,22,24). The quantitative estimate of drug-likeness (QED) is 0.571. The second-order valence-electron chi connectivity index (χ2n) is 5.42. The summed E-state index contributed by atoms with van der Waals surface area (Å²) in [4.78, 5) is 16.1. The summed E-state index contributed by atoms with van der Waals surface area (Å²) in [5.74, 6) is -0.0843. The molecule has 0 bridgehead atoms. The van der Waals surface area contributed by atoms with Crippen molar-refractivity contribution in [1.29, 1.82) is 0 Å². The predicted octanol–water partition coefficient (Wildman–Crippen LogP) is 3.11. The number of nitrogens with two attached hydrogens (primary N) is 2. The SMILES string of the molecule is CC(Oc1ccc(CNC(=O)c2cc(I)c(N)nc2N)cc1)C(F)(F)F. The molecule has 0 saturated carbocycles. The predicted molar refractivity (Wildman–Crippen MR) is 99.5 cm³/mol. The van der Waals surface area contributed by atoms with Crippen LogP contribution in [0.5, 0.6) is 5.75 Å². The number of carbonyl (C=O) groups is 1. The maximum atomic E-state index is 12.5. The van der Waals surface area contributed by atoms with Crippen molar-refractivity contribution in [2.45, 2.75) is 25.7 Å². The maximum Gasteiger partial charge on any atom is 0.425 e. The molecule has 1 atom stereocenters. The van der Waals surface area contributed by atoms with Gasteiger partial charge in [0.15, 0.2) is 6.10 Å². The molecule has 1 unspecified atom stereocenters. The monoisotopic (exact) mass is 480 g/mol. The zero-order chi connectivity index (χ0) is 19.5. The highest BCUT2D eigenvalue weighted by atomic mass is 127. The molecule has 0 radical (unpaired) electrons. The smallest absolute Gasteiger partial charge is 0.425 e. The van der Waals surface area contributed by atoms with Crippen LogP contribution in [0.4, 0.5) is 24.8 Å². The molecule has 0 aliphatic rings. The number of benzene rings is 1. The molecular weight excluding hydrogens is 464 g/mol. The van der Waals surface area contributed by atoms with Crippen molar-refractivity contribution >= 4 is 40.1 Å². The molecule has 1 aromatic heterocycles. The molecule has 1 amide bonds. The molecule has 1 aromatic carbocycles. The zero-order valence-electron chi connectivity index (χ0n) is 13.6. The summed E-state index contributed by atoms with van der Waals surface area (Å²) in [5.41, 5.74) is 12.2. The fraction of sp³-hybridized carbons (Fsp3) is 0.250. The number of amides is 1. The van der Waals surface area contributed by atoms with Gasteiger partial charge in [0.1, 0.15) is 17.4 Å². The summed E-state index contributed by atoms with van der Waals surface area (Å²) >= 11 is 1.94. The van der Waals surface area contributed by atoms with E-state index in [9.17, 15) is 18.0 Å². The number of carbonyl (C=O) groups excluding carboxylic acids is 1. The maximum absolute atomic E-state index is 12.5. The van der Waals surface area contributed by atoms with Crippen molar-refractivity contribution in [1.82, 2.24) is 10.3 Å². The van der Waals surface area contributed by atoms with Crippen LogP contribution in [-0.4, -0.2) is 23.2 Å². The first-order valence-electron chi connectivity index (χ1n) is 7.40. The Hall–Kier alpha value is -2.24. The van der Waals surface area contributed by atoms with Crippen LogP contribution >= 0.6 is 22.6 Å². The van der Waals surface area contributed by atoms with Crippen LogP contribution in [0.15, 0.2) is 30.3 Å². The Morgan fingerprint density at radius 1 is 1.27 bits per heavy atom. The number of rotatable bonds is 5. The second kappa shape index (κ2) is 7.98. The summed E-state index contributed by atoms with van der Waals surface area (Å²) in [6.07, 6.45) is -6.34. The number of nitrogen functional groups attached to an aromatic ring is 2. The van der Waals surface area contributed by atoms with E-state index in [1.54, 1.807) is 12.1 Å². The average Bonchev–Trinajstić information content (AvgIpc) is 2.56. The van der Waals surface area contributed by atoms with E-state index in [2.05, 4.69) is 10.3 Å². The van der Waals surface area contributed by atoms with Crippen LogP contribution in [-0.2, 0) is 6.54 Å². The number of aromatic nitrogens is 1. The molecule has 0 aliphatic carbocycles. The number of ether oxygens (including phenoxy) is 1. The summed E-state index contributed by atoms with van der Waals surface area (Å²) in [5, 5.41) is 2.66. The van der Waals surface area contributed by atoms with Crippen molar-refractivity contribution in [3.63, 3.8) is 0 Å². The Bertz CT molecular complexity index is 797. The fourth-order valence-corrected chi connectivity index (χ4v) is 2.37. The average molecular weight is 480 g/mol. The van der Waals surface area contributed by atoms with Crippen molar-refractivity contribution < 1.29 is 22.7 Å². The van der Waals surface area contributed by atoms with Gasteiger partial charge in [0, 0.05) is 6.54 Å². The Morgan fingerprint density at radius 3 is 2.46 bits per heavy atom. The molecular formula is C16H16F3IN4O2. The largest absolute Gasteiger partial charge is 0.481 e. The summed E-state index contributed by atoms with van der Waals surface area (Å²) < 4.78 is 42.8. The number of nitrogens with zero attached hydrogens (tertiary/aromatic N) is 1. The number of anilines is 2. The molecule has 0 aliphatic heterocycles. The Labute approximate surface area is 161 Å². The number of hydrogen-bond acceptors (Lipinski definition) is 5. The van der Waals surface area contributed by atoms with Gasteiger partial charge in [-0.05, 0) is 53.3 Å². The van der Waals surface area contributed by atoms with E-state index in [-0.39, 0.29) is 29.5 Å². The molecule has 10 heteroatoms. The lowest BCUT2D eigenvalue weighted by molar-refractivity contribution is -0.189. The van der Waals surface area contributed by atoms with Crippen molar-refractivity contribution in [2.24, 2.45) is 0 Å². The van der Waals surface area contributed by atoms with E-state index in [4.69, 9.17) is 16.2 Å². The number of alkyl halides is 3. The molecule has 0 fully saturated rings. The lowest BCUT2D eigenvalue weighted by Crippen LogP contribution is -2.31. The molecule has 0 saturated heterocycles. The van der Waals surface area contributed by atoms with Gasteiger partial charge in [-0.2, -0.15) is 13.2 Å². The minimum atomic E-state index is -4.43. The Morgan fingerprint density at radius 2 is 1.88 bits per heavy atom. The Balaban J connectivity index is 1.98. The number of nitrogens with one attached hydrogen (secondary N) is 1. The van der Waals surface area contributed by atoms with Gasteiger partial charge < -0.3 is 21.5 Å². The van der Waals surface area contributed by atoms with E-state index in [0.717, 1.165) is 6.92 Å². The molecule has 26 heavy (non-hydrogen) atoms. The van der Waals surface area contributed by atoms with Gasteiger partial charge in [-0.25, -0.2) is 4.98 Å². The first-order valence-corrected chi connectivity index (χ1v) is 8.48. The molecule has 1 heterocycles. The summed E-state index contributed by atoms with van der Waals surface area (Å²) in [6.45, 7) is 1.09. The van der Waals surface area contributed by atoms with Crippen LogP contribution in [0.3, 0.4) is 0 Å². The van der Waals surface area contributed by atoms with Gasteiger partial charge in [0.05, 0.1) is 9.13 Å². The molecule has 140 valence electrons. The van der Waals surface area contributed by atoms with Gasteiger partial charge in [-0.1, -0.05) is 12.1 Å².